The molecule has 0 aliphatic carbocycles. The van der Waals surface area contributed by atoms with Gasteiger partial charge in [0.2, 0.25) is 11.8 Å². The summed E-state index contributed by atoms with van der Waals surface area (Å²) in [6.07, 6.45) is -0.667. The number of anilines is 3. The molecule has 0 saturated carbocycles. The van der Waals surface area contributed by atoms with Crippen molar-refractivity contribution in [3.05, 3.63) is 81.3 Å². The number of sulfonamides is 1. The summed E-state index contributed by atoms with van der Waals surface area (Å²) in [7, 11) is -4.42. The molecule has 36 heavy (non-hydrogen) atoms. The molecule has 0 saturated heterocycles. The zero-order chi connectivity index (χ0) is 26.4. The molecule has 188 valence electrons. The summed E-state index contributed by atoms with van der Waals surface area (Å²) in [5.41, 5.74) is 0.739. The molecule has 2 N–H and O–H groups in total. The molecule has 0 fully saturated rings. The van der Waals surface area contributed by atoms with E-state index in [1.807, 2.05) is 0 Å². The summed E-state index contributed by atoms with van der Waals surface area (Å²) in [6.45, 7) is 3.19. The molecule has 0 radical (unpaired) electrons. The van der Waals surface area contributed by atoms with E-state index in [9.17, 15) is 26.8 Å². The summed E-state index contributed by atoms with van der Waals surface area (Å²) in [4.78, 5) is 25.8. The van der Waals surface area contributed by atoms with Crippen molar-refractivity contribution in [2.75, 3.05) is 14.9 Å². The van der Waals surface area contributed by atoms with Crippen molar-refractivity contribution in [3.63, 3.8) is 0 Å². The largest absolute Gasteiger partial charge is 0.324 e. The quantitative estimate of drug-likeness (QED) is 0.440. The number of amides is 2. The van der Waals surface area contributed by atoms with Gasteiger partial charge in [-0.25, -0.2) is 17.2 Å². The van der Waals surface area contributed by atoms with Crippen LogP contribution in [0.2, 0.25) is 10.0 Å². The zero-order valence-corrected chi connectivity index (χ0v) is 21.2. The Morgan fingerprint density at radius 3 is 2.47 bits per heavy atom. The molecule has 1 heterocycles. The van der Waals surface area contributed by atoms with Crippen LogP contribution in [0.4, 0.5) is 25.8 Å². The van der Waals surface area contributed by atoms with Gasteiger partial charge in [-0.1, -0.05) is 23.2 Å². The van der Waals surface area contributed by atoms with Gasteiger partial charge in [0.25, 0.3) is 10.0 Å². The lowest BCUT2D eigenvalue weighted by molar-refractivity contribution is -0.122. The first-order valence-electron chi connectivity index (χ1n) is 10.5. The molecule has 4 rings (SSSR count). The molecule has 3 aromatic rings. The molecular formula is C24H19Cl2F2N3O4S. The van der Waals surface area contributed by atoms with Gasteiger partial charge in [-0.2, -0.15) is 0 Å². The fourth-order valence-corrected chi connectivity index (χ4v) is 6.17. The first-order chi connectivity index (χ1) is 16.9. The smallest absolute Gasteiger partial charge is 0.265 e. The predicted molar refractivity (Wildman–Crippen MR) is 134 cm³/mol. The van der Waals surface area contributed by atoms with Crippen molar-refractivity contribution in [3.8, 4) is 0 Å². The minimum atomic E-state index is -4.42. The normalized spacial score (nSPS) is 15.3. The number of benzene rings is 3. The average molecular weight is 554 g/mol. The van der Waals surface area contributed by atoms with Crippen LogP contribution in [-0.2, 0) is 19.6 Å². The highest BCUT2D eigenvalue weighted by molar-refractivity contribution is 7.93. The maximum absolute atomic E-state index is 14.0. The maximum Gasteiger partial charge on any atom is 0.265 e. The lowest BCUT2D eigenvalue weighted by Gasteiger charge is -2.37. The van der Waals surface area contributed by atoms with E-state index < -0.39 is 45.9 Å². The monoisotopic (exact) mass is 553 g/mol. The highest BCUT2D eigenvalue weighted by atomic mass is 35.5. The van der Waals surface area contributed by atoms with E-state index in [1.165, 1.54) is 30.3 Å². The molecule has 1 aliphatic heterocycles. The third-order valence-corrected chi connectivity index (χ3v) is 8.22. The number of rotatable bonds is 5. The molecular weight excluding hydrogens is 535 g/mol. The van der Waals surface area contributed by atoms with Crippen LogP contribution in [0.5, 0.6) is 0 Å². The second-order valence-electron chi connectivity index (χ2n) is 8.21. The van der Waals surface area contributed by atoms with Crippen molar-refractivity contribution < 1.29 is 26.8 Å². The Kier molecular flexibility index (Phi) is 6.96. The Bertz CT molecular complexity index is 1520. The number of nitrogens with one attached hydrogen (secondary N) is 2. The second-order valence-corrected chi connectivity index (χ2v) is 10.8. The van der Waals surface area contributed by atoms with Gasteiger partial charge in [0.1, 0.15) is 17.7 Å². The zero-order valence-electron chi connectivity index (χ0n) is 18.9. The molecule has 2 amide bonds. The number of carbonyl (C=O) groups is 2. The van der Waals surface area contributed by atoms with Crippen LogP contribution < -0.4 is 14.9 Å². The first kappa shape index (κ1) is 25.9. The number of hydrogen-bond acceptors (Lipinski definition) is 4. The summed E-state index contributed by atoms with van der Waals surface area (Å²) in [6, 6.07) is 8.18. The maximum atomic E-state index is 14.0. The number of aryl methyl sites for hydroxylation is 2. The van der Waals surface area contributed by atoms with Gasteiger partial charge in [-0.05, 0) is 67.4 Å². The first-order valence-corrected chi connectivity index (χ1v) is 12.7. The van der Waals surface area contributed by atoms with E-state index in [2.05, 4.69) is 10.6 Å². The van der Waals surface area contributed by atoms with E-state index in [4.69, 9.17) is 23.2 Å². The van der Waals surface area contributed by atoms with E-state index >= 15 is 0 Å². The molecule has 0 bridgehead atoms. The molecule has 1 atom stereocenters. The molecule has 0 aromatic heterocycles. The second kappa shape index (κ2) is 9.68. The SMILES string of the molecule is Cc1cc(S(=O)(=O)N2c3cc(Cl)ccc3NC(=O)C2CC(=O)Nc2ccc(F)cc2F)c(C)cc1Cl. The topological polar surface area (TPSA) is 95.6 Å². The Labute approximate surface area is 216 Å². The van der Waals surface area contributed by atoms with E-state index in [0.29, 0.717) is 22.2 Å². The molecule has 3 aromatic carbocycles. The minimum Gasteiger partial charge on any atom is -0.324 e. The van der Waals surface area contributed by atoms with Crippen molar-refractivity contribution in [2.45, 2.75) is 31.2 Å². The third kappa shape index (κ3) is 4.88. The summed E-state index contributed by atoms with van der Waals surface area (Å²) >= 11 is 12.3. The van der Waals surface area contributed by atoms with Gasteiger partial charge in [-0.15, -0.1) is 0 Å². The number of halogens is 4. The minimum absolute atomic E-state index is 0.0554. The third-order valence-electron chi connectivity index (χ3n) is 5.62. The van der Waals surface area contributed by atoms with Gasteiger partial charge >= 0.3 is 0 Å². The lowest BCUT2D eigenvalue weighted by atomic mass is 10.1. The molecule has 12 heteroatoms. The Morgan fingerprint density at radius 1 is 1.06 bits per heavy atom. The van der Waals surface area contributed by atoms with E-state index in [-0.39, 0.29) is 27.0 Å². The fourth-order valence-electron chi connectivity index (χ4n) is 3.86. The summed E-state index contributed by atoms with van der Waals surface area (Å²) < 4.78 is 56.0. The lowest BCUT2D eigenvalue weighted by Crippen LogP contribution is -2.52. The van der Waals surface area contributed by atoms with Crippen molar-refractivity contribution >= 4 is 62.1 Å². The summed E-state index contributed by atoms with van der Waals surface area (Å²) in [5.74, 6) is -3.50. The number of nitrogens with zero attached hydrogens (tertiary/aromatic N) is 1. The fraction of sp³-hybridized carbons (Fsp3) is 0.167. The highest BCUT2D eigenvalue weighted by Crippen LogP contribution is 2.40. The molecule has 1 unspecified atom stereocenters. The van der Waals surface area contributed by atoms with E-state index in [1.54, 1.807) is 13.8 Å². The van der Waals surface area contributed by atoms with E-state index in [0.717, 1.165) is 16.4 Å². The van der Waals surface area contributed by atoms with Crippen molar-refractivity contribution in [1.29, 1.82) is 0 Å². The van der Waals surface area contributed by atoms with Crippen molar-refractivity contribution in [1.82, 2.24) is 0 Å². The van der Waals surface area contributed by atoms with Crippen LogP contribution >= 0.6 is 23.2 Å². The van der Waals surface area contributed by atoms with Crippen molar-refractivity contribution in [2.24, 2.45) is 0 Å². The number of carbonyl (C=O) groups excluding carboxylic acids is 2. The Balaban J connectivity index is 1.79. The van der Waals surface area contributed by atoms with Crippen LogP contribution in [0, 0.1) is 25.5 Å². The predicted octanol–water partition coefficient (Wildman–Crippen LogP) is 5.43. The van der Waals surface area contributed by atoms with Gasteiger partial charge < -0.3 is 10.6 Å². The van der Waals surface area contributed by atoms with Crippen LogP contribution in [0.1, 0.15) is 17.5 Å². The van der Waals surface area contributed by atoms with Gasteiger partial charge in [0, 0.05) is 16.1 Å². The van der Waals surface area contributed by atoms with Crippen LogP contribution in [-0.4, -0.2) is 26.3 Å². The number of fused-ring (bicyclic) bond motifs is 1. The summed E-state index contributed by atoms with van der Waals surface area (Å²) in [5, 5.41) is 5.40. The van der Waals surface area contributed by atoms with Crippen LogP contribution in [0.25, 0.3) is 0 Å². The Morgan fingerprint density at radius 2 is 1.78 bits per heavy atom. The molecule has 0 spiro atoms. The van der Waals surface area contributed by atoms with Gasteiger partial charge in [-0.3, -0.25) is 13.9 Å². The standard InChI is InChI=1S/C24H19Cl2F2N3O4S/c1-12-8-22(13(2)7-16(12)26)36(34,35)31-20-9-14(25)3-5-19(20)30-24(33)21(31)11-23(32)29-18-6-4-15(27)10-17(18)28/h3-10,21H,11H2,1-2H3,(H,29,32)(H,30,33). The Hall–Kier alpha value is -3.21. The highest BCUT2D eigenvalue weighted by Gasteiger charge is 2.43. The van der Waals surface area contributed by atoms with Gasteiger partial charge in [0.05, 0.1) is 28.4 Å². The van der Waals surface area contributed by atoms with Gasteiger partial charge in [0.15, 0.2) is 0 Å². The average Bonchev–Trinajstić information content (AvgIpc) is 2.78. The molecule has 7 nitrogen and oxygen atoms in total. The molecule has 1 aliphatic rings. The van der Waals surface area contributed by atoms with Crippen LogP contribution in [0.15, 0.2) is 53.4 Å². The van der Waals surface area contributed by atoms with Crippen LogP contribution in [0.3, 0.4) is 0 Å². The number of hydrogen-bond donors (Lipinski definition) is 2.